The van der Waals surface area contributed by atoms with Crippen LogP contribution in [0.2, 0.25) is 18.1 Å². The van der Waals surface area contributed by atoms with Crippen LogP contribution in [-0.2, 0) is 4.43 Å². The van der Waals surface area contributed by atoms with Gasteiger partial charge in [-0.15, -0.1) is 0 Å². The lowest BCUT2D eigenvalue weighted by molar-refractivity contribution is 0.0929. The maximum absolute atomic E-state index is 6.82. The molecule has 3 rings (SSSR count). The molecule has 3 aliphatic rings. The molecule has 2 heteroatoms. The van der Waals surface area contributed by atoms with Gasteiger partial charge in [0.15, 0.2) is 8.32 Å². The molecule has 0 radical (unpaired) electrons. The Labute approximate surface area is 220 Å². The summed E-state index contributed by atoms with van der Waals surface area (Å²) in [4.78, 5) is 0. The standard InChI is InChI=1S/C33H58OSi/c1-24(2)13-11-14-26(4)30-20-21-31-27(15-12-22-33(30,31)8)17-18-28-23-29(19-16-25(28)3)34-35(9,10)32(5,6)7/h17-18,24,26,29-31H,3,11-16,19-23H2,1-2,4-10H3/b27-17+,28-18+/t26-,29+,30-,31+,33-/m1/s1. The van der Waals surface area contributed by atoms with E-state index in [0.29, 0.717) is 11.5 Å². The summed E-state index contributed by atoms with van der Waals surface area (Å²) in [5, 5.41) is 0.269. The molecule has 0 unspecified atom stereocenters. The highest BCUT2D eigenvalue weighted by atomic mass is 28.4. The van der Waals surface area contributed by atoms with E-state index in [0.717, 1.165) is 42.9 Å². The van der Waals surface area contributed by atoms with Crippen LogP contribution in [0, 0.1) is 29.1 Å². The number of hydrogen-bond acceptors (Lipinski definition) is 1. The lowest BCUT2D eigenvalue weighted by atomic mass is 9.60. The second-order valence-electron chi connectivity index (χ2n) is 14.7. The Bertz CT molecular complexity index is 794. The van der Waals surface area contributed by atoms with E-state index in [4.69, 9.17) is 4.43 Å². The number of hydrogen-bond donors (Lipinski definition) is 0. The molecule has 0 N–H and O–H groups in total. The number of rotatable bonds is 8. The van der Waals surface area contributed by atoms with E-state index < -0.39 is 8.32 Å². The number of allylic oxidation sites excluding steroid dienone is 4. The van der Waals surface area contributed by atoms with Crippen LogP contribution in [0.4, 0.5) is 0 Å². The first-order valence-corrected chi connectivity index (χ1v) is 17.9. The van der Waals surface area contributed by atoms with Gasteiger partial charge < -0.3 is 4.43 Å². The minimum atomic E-state index is -1.73. The fraction of sp³-hybridized carbons (Fsp3) is 0.818. The van der Waals surface area contributed by atoms with Gasteiger partial charge >= 0.3 is 0 Å². The van der Waals surface area contributed by atoms with Crippen molar-refractivity contribution < 1.29 is 4.43 Å². The molecule has 35 heavy (non-hydrogen) atoms. The zero-order chi connectivity index (χ0) is 26.0. The molecule has 0 amide bonds. The minimum absolute atomic E-state index is 0.269. The van der Waals surface area contributed by atoms with Crippen LogP contribution in [0.5, 0.6) is 0 Å². The lowest BCUT2D eigenvalue weighted by Crippen LogP contribution is -2.44. The minimum Gasteiger partial charge on any atom is -0.414 e. The smallest absolute Gasteiger partial charge is 0.192 e. The van der Waals surface area contributed by atoms with Gasteiger partial charge in [-0.1, -0.05) is 97.6 Å². The molecule has 0 aromatic rings. The van der Waals surface area contributed by atoms with E-state index >= 15 is 0 Å². The Morgan fingerprint density at radius 1 is 1.06 bits per heavy atom. The summed E-state index contributed by atoms with van der Waals surface area (Å²) >= 11 is 0. The Balaban J connectivity index is 1.70. The fourth-order valence-corrected chi connectivity index (χ4v) is 8.73. The van der Waals surface area contributed by atoms with Crippen LogP contribution in [-0.4, -0.2) is 14.4 Å². The second-order valence-corrected chi connectivity index (χ2v) is 19.4. The fourth-order valence-electron chi connectivity index (χ4n) is 7.34. The molecule has 1 nitrogen and oxygen atoms in total. The first kappa shape index (κ1) is 29.0. The molecule has 0 saturated heterocycles. The quantitative estimate of drug-likeness (QED) is 0.302. The molecular weight excluding hydrogens is 440 g/mol. The SMILES string of the molecule is C=C1CC[C@H](O[Si](C)(C)C(C)(C)C)C/C1=C\C=C1/CCC[C@]2(C)[C@@H]([C@H](C)CCCC(C)C)CC[C@@H]12. The summed E-state index contributed by atoms with van der Waals surface area (Å²) < 4.78 is 6.82. The molecule has 0 aromatic heterocycles. The van der Waals surface area contributed by atoms with Gasteiger partial charge in [-0.05, 0) is 104 Å². The van der Waals surface area contributed by atoms with Crippen LogP contribution in [0.1, 0.15) is 119 Å². The van der Waals surface area contributed by atoms with Crippen LogP contribution in [0.25, 0.3) is 0 Å². The Morgan fingerprint density at radius 2 is 1.77 bits per heavy atom. The van der Waals surface area contributed by atoms with E-state index in [1.807, 2.05) is 0 Å². The lowest BCUT2D eigenvalue weighted by Gasteiger charge is -2.44. The summed E-state index contributed by atoms with van der Waals surface area (Å²) in [5.74, 6) is 3.41. The third kappa shape index (κ3) is 6.84. The van der Waals surface area contributed by atoms with Crippen LogP contribution >= 0.6 is 0 Å². The summed E-state index contributed by atoms with van der Waals surface area (Å²) in [6.07, 6.45) is 19.8. The Hall–Kier alpha value is -0.603. The van der Waals surface area contributed by atoms with Crippen molar-refractivity contribution in [1.82, 2.24) is 0 Å². The van der Waals surface area contributed by atoms with E-state index in [-0.39, 0.29) is 5.04 Å². The molecule has 5 atom stereocenters. The van der Waals surface area contributed by atoms with Gasteiger partial charge in [0.1, 0.15) is 0 Å². The van der Waals surface area contributed by atoms with Crippen molar-refractivity contribution in [2.45, 2.75) is 143 Å². The van der Waals surface area contributed by atoms with Crippen molar-refractivity contribution in [2.75, 3.05) is 0 Å². The number of fused-ring (bicyclic) bond motifs is 1. The van der Waals surface area contributed by atoms with Crippen LogP contribution < -0.4 is 0 Å². The molecule has 3 aliphatic carbocycles. The maximum atomic E-state index is 6.82. The molecule has 3 saturated carbocycles. The Kier molecular flexibility index (Phi) is 9.45. The second kappa shape index (κ2) is 11.4. The largest absolute Gasteiger partial charge is 0.414 e. The first-order chi connectivity index (χ1) is 16.2. The van der Waals surface area contributed by atoms with E-state index in [1.54, 1.807) is 5.57 Å². The predicted molar refractivity (Wildman–Crippen MR) is 157 cm³/mol. The van der Waals surface area contributed by atoms with Gasteiger partial charge in [0.2, 0.25) is 0 Å². The van der Waals surface area contributed by atoms with E-state index in [2.05, 4.69) is 80.3 Å². The van der Waals surface area contributed by atoms with Gasteiger partial charge in [-0.2, -0.15) is 0 Å². The highest BCUT2D eigenvalue weighted by molar-refractivity contribution is 6.74. The average molecular weight is 499 g/mol. The molecule has 200 valence electrons. The van der Waals surface area contributed by atoms with Crippen LogP contribution in [0.3, 0.4) is 0 Å². The van der Waals surface area contributed by atoms with Crippen molar-refractivity contribution in [3.63, 3.8) is 0 Å². The Morgan fingerprint density at radius 3 is 2.43 bits per heavy atom. The zero-order valence-electron chi connectivity index (χ0n) is 24.9. The molecule has 0 aromatic carbocycles. The van der Waals surface area contributed by atoms with E-state index in [9.17, 15) is 0 Å². The van der Waals surface area contributed by atoms with Gasteiger partial charge in [0, 0.05) is 6.10 Å². The monoisotopic (exact) mass is 498 g/mol. The van der Waals surface area contributed by atoms with Gasteiger partial charge in [0.05, 0.1) is 0 Å². The molecule has 0 heterocycles. The summed E-state index contributed by atoms with van der Waals surface area (Å²) in [6.45, 7) is 26.2. The zero-order valence-corrected chi connectivity index (χ0v) is 25.9. The molecular formula is C33H58OSi. The van der Waals surface area contributed by atoms with Crippen molar-refractivity contribution in [3.8, 4) is 0 Å². The van der Waals surface area contributed by atoms with Crippen molar-refractivity contribution in [1.29, 1.82) is 0 Å². The first-order valence-electron chi connectivity index (χ1n) is 15.0. The average Bonchev–Trinajstić information content (AvgIpc) is 3.10. The van der Waals surface area contributed by atoms with Gasteiger partial charge in [-0.25, -0.2) is 0 Å². The maximum Gasteiger partial charge on any atom is 0.192 e. The third-order valence-electron chi connectivity index (χ3n) is 10.6. The van der Waals surface area contributed by atoms with Gasteiger partial charge in [-0.3, -0.25) is 0 Å². The van der Waals surface area contributed by atoms with Crippen molar-refractivity contribution in [2.24, 2.45) is 29.1 Å². The summed E-state index contributed by atoms with van der Waals surface area (Å²) in [6, 6.07) is 0. The van der Waals surface area contributed by atoms with Crippen molar-refractivity contribution >= 4 is 8.32 Å². The highest BCUT2D eigenvalue weighted by Gasteiger charge is 2.50. The molecule has 0 aliphatic heterocycles. The molecule has 0 spiro atoms. The van der Waals surface area contributed by atoms with E-state index in [1.165, 1.54) is 62.5 Å². The highest BCUT2D eigenvalue weighted by Crippen LogP contribution is 2.60. The van der Waals surface area contributed by atoms with Crippen molar-refractivity contribution in [3.05, 3.63) is 35.5 Å². The summed E-state index contributed by atoms with van der Waals surface area (Å²) in [7, 11) is -1.73. The predicted octanol–water partition coefficient (Wildman–Crippen LogP) is 10.6. The topological polar surface area (TPSA) is 9.23 Å². The van der Waals surface area contributed by atoms with Crippen LogP contribution in [0.15, 0.2) is 35.5 Å². The molecule has 3 fully saturated rings. The molecule has 0 bridgehead atoms. The normalized spacial score (nSPS) is 33.5. The third-order valence-corrected chi connectivity index (χ3v) is 15.1. The summed E-state index contributed by atoms with van der Waals surface area (Å²) in [5.41, 5.74) is 5.05. The van der Waals surface area contributed by atoms with Gasteiger partial charge in [0.25, 0.3) is 0 Å².